The molecule has 0 bridgehead atoms. The molecule has 0 saturated heterocycles. The molecule has 0 amide bonds. The lowest BCUT2D eigenvalue weighted by Crippen LogP contribution is -1.92. The van der Waals surface area contributed by atoms with Gasteiger partial charge in [-0.1, -0.05) is 22.0 Å². The van der Waals surface area contributed by atoms with Crippen molar-refractivity contribution in [2.45, 2.75) is 13.8 Å². The maximum Gasteiger partial charge on any atom is 0.186 e. The second kappa shape index (κ2) is 7.73. The Bertz CT molecular complexity index is 567. The smallest absolute Gasteiger partial charge is 0.186 e. The minimum Gasteiger partial charge on any atom is -0.289 e. The van der Waals surface area contributed by atoms with Crippen LogP contribution >= 0.6 is 29.7 Å². The monoisotopic (exact) mass is 338 g/mol. The molecular weight excluding hydrogens is 320 g/mol. The predicted octanol–water partition coefficient (Wildman–Crippen LogP) is 4.66. The summed E-state index contributed by atoms with van der Waals surface area (Å²) >= 11 is 0. The maximum absolute atomic E-state index is 11.8. The quantitative estimate of drug-likeness (QED) is 0.420. The largest absolute Gasteiger partial charge is 0.289 e. The van der Waals surface area contributed by atoms with Gasteiger partial charge in [-0.25, -0.2) is 0 Å². The minimum absolute atomic E-state index is 0.0635. The Kier molecular flexibility index (Phi) is 5.96. The second-order valence-corrected chi connectivity index (χ2v) is 11.5. The highest BCUT2D eigenvalue weighted by atomic mass is 33.5. The number of thiol groups is 2. The van der Waals surface area contributed by atoms with E-state index in [1.807, 2.05) is 35.8 Å². The Hall–Kier alpha value is -1.17. The first kappa shape index (κ1) is 16.2. The summed E-state index contributed by atoms with van der Waals surface area (Å²) in [5, 5.41) is 8.31. The van der Waals surface area contributed by atoms with Crippen molar-refractivity contribution in [1.29, 1.82) is 0 Å². The van der Waals surface area contributed by atoms with Gasteiger partial charge in [0.25, 0.3) is 0 Å². The number of carbonyl (C=O) groups is 2. The lowest BCUT2D eigenvalue weighted by atomic mass is 10.2. The summed E-state index contributed by atoms with van der Waals surface area (Å²) in [6.45, 7) is 3.69. The molecule has 0 N–H and O–H groups in total. The summed E-state index contributed by atoms with van der Waals surface area (Å²) < 4.78 is 0. The third-order valence-electron chi connectivity index (χ3n) is 2.73. The molecule has 0 fully saturated rings. The average Bonchev–Trinajstić information content (AvgIpc) is 3.09. The molecule has 0 aromatic rings. The summed E-state index contributed by atoms with van der Waals surface area (Å²) in [7, 11) is 0.920. The summed E-state index contributed by atoms with van der Waals surface area (Å²) in [6, 6.07) is 0. The normalized spacial score (nSPS) is 27.5. The molecule has 0 spiro atoms. The number of rotatable bonds is 6. The van der Waals surface area contributed by atoms with Gasteiger partial charge in [-0.15, -0.1) is 0 Å². The molecule has 5 heteroatoms. The van der Waals surface area contributed by atoms with E-state index in [9.17, 15) is 9.59 Å². The van der Waals surface area contributed by atoms with Gasteiger partial charge in [0.2, 0.25) is 0 Å². The van der Waals surface area contributed by atoms with Crippen LogP contribution in [-0.4, -0.2) is 11.6 Å². The van der Waals surface area contributed by atoms with Gasteiger partial charge >= 0.3 is 0 Å². The van der Waals surface area contributed by atoms with Crippen LogP contribution in [0.1, 0.15) is 13.8 Å². The van der Waals surface area contributed by atoms with E-state index >= 15 is 0 Å². The molecule has 112 valence electrons. The van der Waals surface area contributed by atoms with Crippen molar-refractivity contribution in [1.82, 2.24) is 0 Å². The zero-order chi connectivity index (χ0) is 15.2. The Morgan fingerprint density at radius 3 is 1.71 bits per heavy atom. The standard InChI is InChI=1S/C16H18O2S3/c1-3-5-15(17)13-7-9-20(11-13)19-21-10-8-14(12-21)16(18)6-4-2/h3-12,20-21H,1-2H3. The van der Waals surface area contributed by atoms with Crippen LogP contribution in [0.15, 0.2) is 69.2 Å². The van der Waals surface area contributed by atoms with E-state index < -0.39 is 19.9 Å². The van der Waals surface area contributed by atoms with Crippen LogP contribution in [-0.2, 0) is 9.59 Å². The van der Waals surface area contributed by atoms with Crippen LogP contribution in [0.2, 0.25) is 0 Å². The molecule has 0 aromatic carbocycles. The minimum atomic E-state index is -0.462. The molecule has 2 heterocycles. The van der Waals surface area contributed by atoms with Gasteiger partial charge < -0.3 is 0 Å². The molecule has 2 atom stereocenters. The molecule has 2 nitrogen and oxygen atoms in total. The Morgan fingerprint density at radius 1 is 0.905 bits per heavy atom. The van der Waals surface area contributed by atoms with Crippen molar-refractivity contribution in [2.75, 3.05) is 0 Å². The molecule has 2 aliphatic rings. The first-order chi connectivity index (χ1) is 10.1. The van der Waals surface area contributed by atoms with Crippen molar-refractivity contribution in [3.05, 3.63) is 69.2 Å². The molecule has 2 unspecified atom stereocenters. The van der Waals surface area contributed by atoms with E-state index in [2.05, 4.69) is 21.6 Å². The van der Waals surface area contributed by atoms with Gasteiger partial charge in [0.1, 0.15) is 0 Å². The molecule has 21 heavy (non-hydrogen) atoms. The van der Waals surface area contributed by atoms with Gasteiger partial charge in [-0.2, -0.15) is 19.9 Å². The van der Waals surface area contributed by atoms with Gasteiger partial charge in [-0.05, 0) is 59.8 Å². The van der Waals surface area contributed by atoms with Crippen molar-refractivity contribution in [3.63, 3.8) is 0 Å². The van der Waals surface area contributed by atoms with Crippen molar-refractivity contribution >= 4 is 41.2 Å². The van der Waals surface area contributed by atoms with Crippen molar-refractivity contribution < 1.29 is 9.59 Å². The van der Waals surface area contributed by atoms with E-state index in [4.69, 9.17) is 0 Å². The van der Waals surface area contributed by atoms with E-state index in [1.54, 1.807) is 24.3 Å². The fourth-order valence-electron chi connectivity index (χ4n) is 1.75. The molecule has 0 aliphatic carbocycles. The predicted molar refractivity (Wildman–Crippen MR) is 99.7 cm³/mol. The van der Waals surface area contributed by atoms with Crippen molar-refractivity contribution in [2.24, 2.45) is 0 Å². The molecule has 2 aliphatic heterocycles. The highest BCUT2D eigenvalue weighted by Gasteiger charge is 2.16. The van der Waals surface area contributed by atoms with Crippen LogP contribution in [0.25, 0.3) is 0 Å². The summed E-state index contributed by atoms with van der Waals surface area (Å²) in [5.41, 5.74) is 1.55. The van der Waals surface area contributed by atoms with Crippen LogP contribution < -0.4 is 0 Å². The Morgan fingerprint density at radius 2 is 1.33 bits per heavy atom. The molecular formula is C16H18O2S3. The highest BCUT2D eigenvalue weighted by molar-refractivity contribution is 9.20. The number of hydrogen-bond acceptors (Lipinski definition) is 3. The van der Waals surface area contributed by atoms with E-state index in [1.165, 1.54) is 0 Å². The summed E-state index contributed by atoms with van der Waals surface area (Å²) in [6.07, 6.45) is 10.5. The fourth-order valence-corrected chi connectivity index (χ4v) is 10.0. The summed E-state index contributed by atoms with van der Waals surface area (Å²) in [5.74, 6) is 0.127. The number of allylic oxidation sites excluding steroid dienone is 8. The Labute approximate surface area is 133 Å². The van der Waals surface area contributed by atoms with Crippen molar-refractivity contribution in [3.8, 4) is 0 Å². The third kappa shape index (κ3) is 4.40. The lowest BCUT2D eigenvalue weighted by Gasteiger charge is -2.15. The summed E-state index contributed by atoms with van der Waals surface area (Å²) in [4.78, 5) is 23.5. The molecule has 0 saturated carbocycles. The SMILES string of the molecule is CC=CC(=O)C1=C[SH](S[SH]2C=CC(C(=O)C=CC)=C2)C=C1. The first-order valence-corrected chi connectivity index (χ1v) is 11.5. The molecule has 0 aromatic heterocycles. The van der Waals surface area contributed by atoms with E-state index in [0.717, 1.165) is 11.1 Å². The first-order valence-electron chi connectivity index (χ1n) is 6.53. The lowest BCUT2D eigenvalue weighted by molar-refractivity contribution is -0.111. The number of ketones is 2. The van der Waals surface area contributed by atoms with E-state index in [0.29, 0.717) is 0 Å². The average molecular weight is 339 g/mol. The zero-order valence-corrected chi connectivity index (χ0v) is 14.5. The molecule has 0 radical (unpaired) electrons. The topological polar surface area (TPSA) is 34.1 Å². The van der Waals surface area contributed by atoms with E-state index in [-0.39, 0.29) is 11.6 Å². The van der Waals surface area contributed by atoms with Gasteiger partial charge in [-0.3, -0.25) is 9.59 Å². The second-order valence-electron chi connectivity index (χ2n) is 4.33. The Balaban J connectivity index is 1.96. The molecule has 2 rings (SSSR count). The highest BCUT2D eigenvalue weighted by Crippen LogP contribution is 2.63. The maximum atomic E-state index is 11.8. The zero-order valence-electron chi connectivity index (χ0n) is 11.9. The number of carbonyl (C=O) groups excluding carboxylic acids is 2. The van der Waals surface area contributed by atoms with Gasteiger partial charge in [0.15, 0.2) is 11.6 Å². The van der Waals surface area contributed by atoms with Crippen LogP contribution in [0.3, 0.4) is 0 Å². The van der Waals surface area contributed by atoms with Gasteiger partial charge in [0, 0.05) is 11.1 Å². The van der Waals surface area contributed by atoms with Crippen LogP contribution in [0, 0.1) is 0 Å². The van der Waals surface area contributed by atoms with Gasteiger partial charge in [0.05, 0.1) is 0 Å². The number of hydrogen-bond donors (Lipinski definition) is 2. The van der Waals surface area contributed by atoms with Crippen LogP contribution in [0.4, 0.5) is 0 Å². The fraction of sp³-hybridized carbons (Fsp3) is 0.125. The third-order valence-corrected chi connectivity index (χ3v) is 10.9. The van der Waals surface area contributed by atoms with Crippen LogP contribution in [0.5, 0.6) is 0 Å².